The molecule has 3 rings (SSSR count). The number of anilines is 2. The first-order chi connectivity index (χ1) is 36.2. The molecular weight excluding hydrogens is 952 g/mol. The summed E-state index contributed by atoms with van der Waals surface area (Å²) in [4.78, 5) is 47.1. The third-order valence-electron chi connectivity index (χ3n) is 14.4. The fourth-order valence-electron chi connectivity index (χ4n) is 9.67. The molecule has 0 spiro atoms. The van der Waals surface area contributed by atoms with E-state index in [1.165, 1.54) is 180 Å². The van der Waals surface area contributed by atoms with Crippen LogP contribution in [0.25, 0.3) is 0 Å². The average molecular weight is 1060 g/mol. The fraction of sp³-hybridized carbons (Fsp3) is 0.800. The molecule has 0 saturated heterocycles. The predicted octanol–water partition coefficient (Wildman–Crippen LogP) is 15.7. The monoisotopic (exact) mass is 1060 g/mol. The van der Waals surface area contributed by atoms with Crippen molar-refractivity contribution in [1.29, 1.82) is 0 Å². The van der Waals surface area contributed by atoms with Gasteiger partial charge < -0.3 is 34.1 Å². The van der Waals surface area contributed by atoms with E-state index < -0.39 is 13.7 Å². The first-order valence-corrected chi connectivity index (χ1v) is 31.8. The zero-order valence-electron chi connectivity index (χ0n) is 47.1. The Morgan fingerprint density at radius 1 is 0.635 bits per heavy atom. The van der Waals surface area contributed by atoms with Gasteiger partial charge in [0.15, 0.2) is 5.78 Å². The van der Waals surface area contributed by atoms with Gasteiger partial charge in [0.1, 0.15) is 24.3 Å². The average Bonchev–Trinajstić information content (AvgIpc) is 3.71. The maximum atomic E-state index is 13.2. The van der Waals surface area contributed by atoms with E-state index in [2.05, 4.69) is 23.8 Å². The van der Waals surface area contributed by atoms with Gasteiger partial charge in [-0.25, -0.2) is 0 Å². The maximum absolute atomic E-state index is 13.2. The van der Waals surface area contributed by atoms with E-state index in [1.54, 1.807) is 24.1 Å². The van der Waals surface area contributed by atoms with Crippen molar-refractivity contribution in [1.82, 2.24) is 9.97 Å². The normalized spacial score (nSPS) is 13.7. The van der Waals surface area contributed by atoms with E-state index in [9.17, 15) is 19.0 Å². The van der Waals surface area contributed by atoms with Crippen LogP contribution in [0.2, 0.25) is 0 Å². The number of benzene rings is 1. The maximum Gasteiger partial charge on any atom is 0.328 e. The topological polar surface area (TPSA) is 173 Å². The van der Waals surface area contributed by atoms with Gasteiger partial charge in [-0.3, -0.25) is 19.1 Å². The minimum absolute atomic E-state index is 0.00481. The van der Waals surface area contributed by atoms with Crippen LogP contribution in [-0.2, 0) is 41.1 Å². The lowest BCUT2D eigenvalue weighted by Gasteiger charge is -2.20. The van der Waals surface area contributed by atoms with E-state index in [0.29, 0.717) is 56.2 Å². The third-order valence-corrected chi connectivity index (χ3v) is 15.8. The van der Waals surface area contributed by atoms with Gasteiger partial charge in [-0.05, 0) is 31.2 Å². The van der Waals surface area contributed by atoms with Gasteiger partial charge in [0.2, 0.25) is 5.91 Å². The highest BCUT2D eigenvalue weighted by atomic mass is 31.2. The number of unbranched alkanes of at least 4 members (excludes halogenated alkanes) is 31. The minimum Gasteiger partial charge on any atom is -0.461 e. The van der Waals surface area contributed by atoms with Gasteiger partial charge in [0.25, 0.3) is 0 Å². The second-order valence-corrected chi connectivity index (χ2v) is 23.1. The van der Waals surface area contributed by atoms with Crippen LogP contribution in [0.4, 0.5) is 11.6 Å². The highest BCUT2D eigenvalue weighted by molar-refractivity contribution is 7.52. The van der Waals surface area contributed by atoms with Gasteiger partial charge in [-0.15, -0.1) is 0 Å². The van der Waals surface area contributed by atoms with Crippen LogP contribution in [0, 0.1) is 0 Å². The number of ether oxygens (including phenoxy) is 4. The molecule has 1 aliphatic rings. The van der Waals surface area contributed by atoms with Gasteiger partial charge >= 0.3 is 13.6 Å². The van der Waals surface area contributed by atoms with Crippen LogP contribution < -0.4 is 15.4 Å². The quantitative estimate of drug-likeness (QED) is 0.0365. The molecule has 13 nitrogen and oxygen atoms in total. The summed E-state index contributed by atoms with van der Waals surface area (Å²) in [6, 6.07) is 7.21. The number of methoxy groups -OCH3 is 1. The zero-order valence-corrected chi connectivity index (χ0v) is 48.0. The predicted molar refractivity (Wildman–Crippen MR) is 304 cm³/mol. The molecule has 74 heavy (non-hydrogen) atoms. The Morgan fingerprint density at radius 3 is 1.62 bits per heavy atom. The Morgan fingerprint density at radius 2 is 1.12 bits per heavy atom. The number of hydrogen-bond donors (Lipinski definition) is 2. The number of carbonyl (C=O) groups is 2. The van der Waals surface area contributed by atoms with Crippen molar-refractivity contribution in [3.05, 3.63) is 41.0 Å². The van der Waals surface area contributed by atoms with Crippen LogP contribution >= 0.6 is 7.60 Å². The standard InChI is InChI=1S/C60H105N4O9P/c1-4-6-8-10-12-14-16-18-20-22-24-26-28-30-32-35-43-70-50-54(71-44-36-33-31-29-27-25-23-21-19-17-15-13-11-9-7-5-2)51-73-74(67,68)47-37-34-38-56(65)53-41-39-52(40-42-53)49-64-57(66)48-55-58(61)62-60(63-59(55)64)72-46-45-69-3/h39-42,54H,4-38,43-51H2,1-3H3,(H,67,68)(H2,61,62,63). The number of amides is 1. The van der Waals surface area contributed by atoms with Crippen LogP contribution in [0.1, 0.15) is 260 Å². The second kappa shape index (κ2) is 43.1. The lowest BCUT2D eigenvalue weighted by Crippen LogP contribution is -2.26. The molecule has 3 N–H and O–H groups in total. The van der Waals surface area contributed by atoms with Crippen LogP contribution in [0.3, 0.4) is 0 Å². The van der Waals surface area contributed by atoms with Crippen molar-refractivity contribution in [2.75, 3.05) is 63.5 Å². The lowest BCUT2D eigenvalue weighted by molar-refractivity contribution is -0.117. The molecule has 2 atom stereocenters. The summed E-state index contributed by atoms with van der Waals surface area (Å²) < 4.78 is 41.7. The molecule has 2 heterocycles. The van der Waals surface area contributed by atoms with E-state index in [4.69, 9.17) is 29.2 Å². The van der Waals surface area contributed by atoms with Gasteiger partial charge in [-0.1, -0.05) is 231 Å². The first-order valence-electron chi connectivity index (χ1n) is 30.0. The molecule has 2 unspecified atom stereocenters. The van der Waals surface area contributed by atoms with Crippen molar-refractivity contribution in [3.8, 4) is 6.01 Å². The Balaban J connectivity index is 1.33. The number of carbonyl (C=O) groups excluding carboxylic acids is 2. The van der Waals surface area contributed by atoms with E-state index in [1.807, 2.05) is 12.1 Å². The molecule has 0 bridgehead atoms. The summed E-state index contributed by atoms with van der Waals surface area (Å²) in [5, 5.41) is 0. The summed E-state index contributed by atoms with van der Waals surface area (Å²) >= 11 is 0. The molecular formula is C60H105N4O9P. The van der Waals surface area contributed by atoms with Crippen molar-refractivity contribution in [2.45, 2.75) is 258 Å². The van der Waals surface area contributed by atoms with E-state index in [-0.39, 0.29) is 62.3 Å². The summed E-state index contributed by atoms with van der Waals surface area (Å²) in [6.07, 6.45) is 42.9. The fourth-order valence-corrected chi connectivity index (χ4v) is 10.8. The molecule has 0 aliphatic carbocycles. The largest absolute Gasteiger partial charge is 0.461 e. The highest BCUT2D eigenvalue weighted by Gasteiger charge is 2.32. The van der Waals surface area contributed by atoms with Crippen LogP contribution in [0.5, 0.6) is 6.01 Å². The summed E-state index contributed by atoms with van der Waals surface area (Å²) in [7, 11) is -2.34. The number of fused-ring (bicyclic) bond motifs is 1. The van der Waals surface area contributed by atoms with Crippen molar-refractivity contribution in [2.24, 2.45) is 0 Å². The SMILES string of the molecule is CCCCCCCCCCCCCCCCCCOCC(COP(=O)(O)CCCCC(=O)c1ccc(CN2C(=O)Cc3c(N)nc(OCCOC)nc32)cc1)OCCCCCCCCCCCCCCCCCC. The number of nitrogens with two attached hydrogens (primary N) is 1. The Hall–Kier alpha value is -2.93. The van der Waals surface area contributed by atoms with Gasteiger partial charge in [0.05, 0.1) is 38.9 Å². The summed E-state index contributed by atoms with van der Waals surface area (Å²) in [5.74, 6) is 0.416. The highest BCUT2D eigenvalue weighted by Crippen LogP contribution is 2.43. The summed E-state index contributed by atoms with van der Waals surface area (Å²) in [5.41, 5.74) is 8.06. The minimum atomic E-state index is -3.91. The second-order valence-electron chi connectivity index (χ2n) is 21.1. The molecule has 0 saturated carbocycles. The first kappa shape index (κ1) is 65.4. The number of nitrogen functional groups attached to an aromatic ring is 1. The zero-order chi connectivity index (χ0) is 53.2. The molecule has 424 valence electrons. The van der Waals surface area contributed by atoms with Crippen LogP contribution in [0.15, 0.2) is 24.3 Å². The Labute approximate surface area is 449 Å². The van der Waals surface area contributed by atoms with Crippen molar-refractivity contribution >= 4 is 30.9 Å². The molecule has 14 heteroatoms. The number of nitrogens with zero attached hydrogens (tertiary/aromatic N) is 3. The number of Topliss-reactive ketones (excluding diaryl/α,β-unsaturated/α-hetero) is 1. The number of ketones is 1. The van der Waals surface area contributed by atoms with E-state index in [0.717, 1.165) is 31.2 Å². The Kier molecular flexibility index (Phi) is 38.1. The van der Waals surface area contributed by atoms with Gasteiger partial charge in [0, 0.05) is 37.9 Å². The molecule has 0 radical (unpaired) electrons. The van der Waals surface area contributed by atoms with Crippen LogP contribution in [-0.4, -0.2) is 85.6 Å². The molecule has 2 aromatic rings. The summed E-state index contributed by atoms with van der Waals surface area (Å²) in [6.45, 7) is 6.96. The molecule has 1 aromatic carbocycles. The Bertz CT molecular complexity index is 1770. The van der Waals surface area contributed by atoms with Crippen molar-refractivity contribution < 1.29 is 42.5 Å². The third kappa shape index (κ3) is 31.3. The molecule has 1 amide bonds. The number of rotatable bonds is 52. The molecule has 1 aromatic heterocycles. The molecule has 0 fully saturated rings. The van der Waals surface area contributed by atoms with E-state index >= 15 is 0 Å². The number of aromatic nitrogens is 2. The smallest absolute Gasteiger partial charge is 0.328 e. The van der Waals surface area contributed by atoms with Crippen molar-refractivity contribution in [3.63, 3.8) is 0 Å². The number of hydrogen-bond acceptors (Lipinski definition) is 11. The molecule has 1 aliphatic heterocycles. The lowest BCUT2D eigenvalue weighted by atomic mass is 10.0. The van der Waals surface area contributed by atoms with Gasteiger partial charge in [-0.2, -0.15) is 9.97 Å².